The number of amides is 1. The molecular weight excluding hydrogens is 505 g/mol. The quantitative estimate of drug-likeness (QED) is 0.285. The average Bonchev–Trinajstić information content (AvgIpc) is 2.90. The molecule has 0 bridgehead atoms. The van der Waals surface area contributed by atoms with E-state index in [-0.39, 0.29) is 5.56 Å². The Kier molecular flexibility index (Phi) is 8.13. The lowest BCUT2D eigenvalue weighted by atomic mass is 10.0. The van der Waals surface area contributed by atoms with Crippen LogP contribution in [0.25, 0.3) is 0 Å². The second kappa shape index (κ2) is 11.5. The van der Waals surface area contributed by atoms with Crippen LogP contribution in [0.5, 0.6) is 0 Å². The van der Waals surface area contributed by atoms with Gasteiger partial charge in [-0.25, -0.2) is 9.98 Å². The molecule has 39 heavy (non-hydrogen) atoms. The van der Waals surface area contributed by atoms with Crippen molar-refractivity contribution in [2.75, 3.05) is 28.6 Å². The van der Waals surface area contributed by atoms with Crippen LogP contribution >= 0.6 is 0 Å². The van der Waals surface area contributed by atoms with E-state index in [4.69, 9.17) is 4.99 Å². The van der Waals surface area contributed by atoms with Crippen molar-refractivity contribution in [2.45, 2.75) is 33.4 Å². The largest absolute Gasteiger partial charge is 0.416 e. The number of nitrogens with one attached hydrogen (secondary N) is 2. The van der Waals surface area contributed by atoms with Crippen molar-refractivity contribution in [2.24, 2.45) is 9.98 Å². The molecule has 7 nitrogen and oxygen atoms in total. The fourth-order valence-electron chi connectivity index (χ4n) is 4.32. The van der Waals surface area contributed by atoms with E-state index in [1.807, 2.05) is 45.0 Å². The van der Waals surface area contributed by atoms with Crippen molar-refractivity contribution in [3.63, 3.8) is 0 Å². The topological polar surface area (TPSA) is 82.0 Å². The third-order valence-electron chi connectivity index (χ3n) is 6.34. The highest BCUT2D eigenvalue weighted by Crippen LogP contribution is 2.31. The van der Waals surface area contributed by atoms with Gasteiger partial charge in [-0.15, -0.1) is 0 Å². The van der Waals surface area contributed by atoms with Crippen LogP contribution in [0.4, 0.5) is 30.2 Å². The van der Waals surface area contributed by atoms with Gasteiger partial charge in [-0.3, -0.25) is 9.78 Å². The first kappa shape index (κ1) is 27.6. The molecule has 1 aliphatic rings. The number of aryl methyl sites for hydroxylation is 2. The third kappa shape index (κ3) is 6.90. The minimum absolute atomic E-state index is 0.0617. The van der Waals surface area contributed by atoms with Gasteiger partial charge in [0.1, 0.15) is 0 Å². The van der Waals surface area contributed by atoms with Crippen LogP contribution in [0.2, 0.25) is 0 Å². The number of guanidine groups is 1. The van der Waals surface area contributed by atoms with Crippen LogP contribution in [0.15, 0.2) is 82.0 Å². The van der Waals surface area contributed by atoms with E-state index in [0.717, 1.165) is 46.0 Å². The van der Waals surface area contributed by atoms with Crippen molar-refractivity contribution in [1.82, 2.24) is 4.98 Å². The maximum Gasteiger partial charge on any atom is 0.416 e. The molecule has 0 spiro atoms. The Labute approximate surface area is 225 Å². The van der Waals surface area contributed by atoms with E-state index in [2.05, 4.69) is 32.2 Å². The summed E-state index contributed by atoms with van der Waals surface area (Å²) in [5.41, 5.74) is 5.18. The zero-order valence-corrected chi connectivity index (χ0v) is 21.9. The molecule has 1 aliphatic heterocycles. The summed E-state index contributed by atoms with van der Waals surface area (Å²) in [5.74, 6) is -0.206. The minimum atomic E-state index is -4.52. The summed E-state index contributed by atoms with van der Waals surface area (Å²) in [6, 6.07) is 13.6. The van der Waals surface area contributed by atoms with Gasteiger partial charge in [0.2, 0.25) is 5.96 Å². The zero-order valence-electron chi connectivity index (χ0n) is 21.9. The molecule has 0 fully saturated rings. The highest BCUT2D eigenvalue weighted by molar-refractivity contribution is 6.04. The molecule has 2 N–H and O–H groups in total. The molecule has 0 saturated carbocycles. The standard InChI is InChI=1S/C29H29F3N6O/c1-18-8-9-23(35-27(39)21-6-5-7-22(15-21)29(30,31)32)16-26(18)38-13-11-25(19(2)17-38)37-28(33-4)36-24-10-12-34-20(3)14-24/h5-10,12,14-16H,4,11,13,17H2,1-3H3,(H,35,39)(H,34,36,37). The van der Waals surface area contributed by atoms with Crippen LogP contribution in [-0.2, 0) is 6.18 Å². The number of aliphatic imine (C=N–C) groups is 2. The molecule has 2 heterocycles. The summed E-state index contributed by atoms with van der Waals surface area (Å²) in [6.45, 7) is 10.8. The van der Waals surface area contributed by atoms with Gasteiger partial charge >= 0.3 is 6.18 Å². The number of aromatic nitrogens is 1. The van der Waals surface area contributed by atoms with Gasteiger partial charge in [0.05, 0.1) is 5.56 Å². The van der Waals surface area contributed by atoms with Crippen molar-refractivity contribution in [3.8, 4) is 0 Å². The second-order valence-corrected chi connectivity index (χ2v) is 9.34. The van der Waals surface area contributed by atoms with Crippen molar-refractivity contribution < 1.29 is 18.0 Å². The van der Waals surface area contributed by atoms with Crippen LogP contribution in [0.3, 0.4) is 0 Å². The first-order valence-corrected chi connectivity index (χ1v) is 12.3. The summed E-state index contributed by atoms with van der Waals surface area (Å²) in [4.78, 5) is 27.8. The summed E-state index contributed by atoms with van der Waals surface area (Å²) in [5, 5.41) is 5.90. The second-order valence-electron chi connectivity index (χ2n) is 9.34. The Hall–Kier alpha value is -4.47. The van der Waals surface area contributed by atoms with E-state index in [0.29, 0.717) is 31.2 Å². The van der Waals surface area contributed by atoms with Crippen LogP contribution in [-0.4, -0.2) is 36.7 Å². The first-order valence-electron chi connectivity index (χ1n) is 12.3. The average molecular weight is 535 g/mol. The van der Waals surface area contributed by atoms with Crippen molar-refractivity contribution in [1.29, 1.82) is 0 Å². The molecule has 3 aromatic rings. The fourth-order valence-corrected chi connectivity index (χ4v) is 4.32. The number of alkyl halides is 3. The van der Waals surface area contributed by atoms with Gasteiger partial charge in [-0.05, 0) is 81.1 Å². The number of carbonyl (C=O) groups is 1. The third-order valence-corrected chi connectivity index (χ3v) is 6.34. The maximum absolute atomic E-state index is 13.1. The lowest BCUT2D eigenvalue weighted by Gasteiger charge is -2.32. The molecule has 1 amide bonds. The normalized spacial score (nSPS) is 14.3. The highest BCUT2D eigenvalue weighted by atomic mass is 19.4. The Balaban J connectivity index is 1.49. The summed E-state index contributed by atoms with van der Waals surface area (Å²) >= 11 is 0. The lowest BCUT2D eigenvalue weighted by Crippen LogP contribution is -2.31. The van der Waals surface area contributed by atoms with E-state index in [9.17, 15) is 18.0 Å². The maximum atomic E-state index is 13.1. The zero-order chi connectivity index (χ0) is 28.2. The van der Waals surface area contributed by atoms with E-state index in [1.54, 1.807) is 12.3 Å². The van der Waals surface area contributed by atoms with Crippen LogP contribution < -0.4 is 15.5 Å². The van der Waals surface area contributed by atoms with E-state index >= 15 is 0 Å². The minimum Gasteiger partial charge on any atom is -0.367 e. The first-order chi connectivity index (χ1) is 18.5. The number of nitrogens with zero attached hydrogens (tertiary/aromatic N) is 4. The lowest BCUT2D eigenvalue weighted by molar-refractivity contribution is -0.137. The number of hydrogen-bond donors (Lipinski definition) is 2. The Bertz CT molecular complexity index is 1460. The Morgan fingerprint density at radius 1 is 1.03 bits per heavy atom. The molecule has 2 aromatic carbocycles. The Morgan fingerprint density at radius 3 is 2.49 bits per heavy atom. The van der Waals surface area contributed by atoms with E-state index in [1.165, 1.54) is 12.1 Å². The number of carbonyl (C=O) groups excluding carboxylic acids is 1. The van der Waals surface area contributed by atoms with Crippen LogP contribution in [0, 0.1) is 13.8 Å². The fraction of sp³-hybridized carbons (Fsp3) is 0.241. The van der Waals surface area contributed by atoms with Gasteiger partial charge in [0, 0.05) is 59.7 Å². The molecule has 0 radical (unpaired) electrons. The van der Waals surface area contributed by atoms with Crippen molar-refractivity contribution >= 4 is 35.6 Å². The summed E-state index contributed by atoms with van der Waals surface area (Å²) in [7, 11) is 0. The molecule has 4 rings (SSSR count). The molecule has 0 aliphatic carbocycles. The van der Waals surface area contributed by atoms with Gasteiger partial charge < -0.3 is 15.5 Å². The number of halogens is 3. The SMILES string of the molecule is C=NC(=NC1=C(C)CN(c2cc(NC(=O)c3cccc(C(F)(F)F)c3)ccc2C)CC1)Nc1ccnc(C)c1. The summed E-state index contributed by atoms with van der Waals surface area (Å²) < 4.78 is 39.2. The number of pyridine rings is 1. The number of benzene rings is 2. The Morgan fingerprint density at radius 2 is 1.79 bits per heavy atom. The molecule has 0 saturated heterocycles. The smallest absolute Gasteiger partial charge is 0.367 e. The van der Waals surface area contributed by atoms with Gasteiger partial charge in [-0.1, -0.05) is 12.1 Å². The van der Waals surface area contributed by atoms with Gasteiger partial charge in [0.25, 0.3) is 5.91 Å². The molecule has 0 atom stereocenters. The van der Waals surface area contributed by atoms with Crippen molar-refractivity contribution in [3.05, 3.63) is 94.4 Å². The van der Waals surface area contributed by atoms with Gasteiger partial charge in [-0.2, -0.15) is 13.2 Å². The molecular formula is C29H29F3N6O. The highest BCUT2D eigenvalue weighted by Gasteiger charge is 2.31. The number of hydrogen-bond acceptors (Lipinski definition) is 4. The molecule has 10 heteroatoms. The predicted molar refractivity (Wildman–Crippen MR) is 150 cm³/mol. The molecule has 0 unspecified atom stereocenters. The monoisotopic (exact) mass is 534 g/mol. The van der Waals surface area contributed by atoms with Crippen LogP contribution in [0.1, 0.15) is 40.5 Å². The van der Waals surface area contributed by atoms with E-state index < -0.39 is 17.6 Å². The summed E-state index contributed by atoms with van der Waals surface area (Å²) in [6.07, 6.45) is -2.14. The molecule has 202 valence electrons. The number of rotatable bonds is 5. The number of anilines is 3. The van der Waals surface area contributed by atoms with Gasteiger partial charge in [0.15, 0.2) is 0 Å². The predicted octanol–water partition coefficient (Wildman–Crippen LogP) is 6.62. The molecule has 1 aromatic heterocycles.